The minimum Gasteiger partial charge on any atom is -0.355 e. The lowest BCUT2D eigenvalue weighted by Crippen LogP contribution is -2.69. The summed E-state index contributed by atoms with van der Waals surface area (Å²) in [6.07, 6.45) is 0.594. The highest BCUT2D eigenvalue weighted by Gasteiger charge is 2.65. The van der Waals surface area contributed by atoms with Crippen LogP contribution in [0.2, 0.25) is 6.04 Å². The molecule has 0 aliphatic heterocycles. The van der Waals surface area contributed by atoms with E-state index in [1.807, 2.05) is 6.92 Å². The van der Waals surface area contributed by atoms with Crippen molar-refractivity contribution in [1.82, 2.24) is 0 Å². The maximum absolute atomic E-state index is 6.19. The summed E-state index contributed by atoms with van der Waals surface area (Å²) in [6, 6.07) is 0.285. The van der Waals surface area contributed by atoms with Crippen LogP contribution in [0.3, 0.4) is 0 Å². The van der Waals surface area contributed by atoms with E-state index in [2.05, 4.69) is 0 Å². The average molecular weight is 483 g/mol. The van der Waals surface area contributed by atoms with Crippen molar-refractivity contribution in [2.24, 2.45) is 0 Å². The van der Waals surface area contributed by atoms with Crippen LogP contribution in [0.25, 0.3) is 0 Å². The molecule has 12 nitrogen and oxygen atoms in total. The van der Waals surface area contributed by atoms with E-state index in [1.54, 1.807) is 0 Å². The quantitative estimate of drug-likeness (QED) is 0.269. The number of hydrogen-bond acceptors (Lipinski definition) is 12. The summed E-state index contributed by atoms with van der Waals surface area (Å²) in [6.45, 7) is 1.92. The molecule has 0 aliphatic rings. The Labute approximate surface area is 171 Å². The van der Waals surface area contributed by atoms with E-state index in [0.29, 0.717) is 6.42 Å². The van der Waals surface area contributed by atoms with Gasteiger partial charge in [0.25, 0.3) is 0 Å². The van der Waals surface area contributed by atoms with Crippen molar-refractivity contribution in [2.75, 3.05) is 64.0 Å². The fourth-order valence-corrected chi connectivity index (χ4v) is 14.8. The molecule has 0 bridgehead atoms. The molecule has 0 amide bonds. The third-order valence-electron chi connectivity index (χ3n) is 3.65. The maximum atomic E-state index is 6.19. The zero-order valence-corrected chi connectivity index (χ0v) is 22.3. The topological polar surface area (TPSA) is 111 Å². The van der Waals surface area contributed by atoms with E-state index in [4.69, 9.17) is 52.2 Å². The lowest BCUT2D eigenvalue weighted by atomic mass is 10.6. The third-order valence-corrected chi connectivity index (χ3v) is 16.0. The smallest absolute Gasteiger partial charge is 0.355 e. The summed E-state index contributed by atoms with van der Waals surface area (Å²) in [5.41, 5.74) is 0. The molecule has 0 N–H and O–H groups in total. The van der Waals surface area contributed by atoms with Gasteiger partial charge in [0.05, 0.1) is 0 Å². The van der Waals surface area contributed by atoms with Crippen molar-refractivity contribution in [2.45, 2.75) is 19.4 Å². The maximum Gasteiger partial charge on any atom is 0.671 e. The molecule has 0 heterocycles. The SMILES string of the molecule is CCC[Si](O[Si](OC)(OC)OC)(O[Si](OC)(OC)OC)O[Si](OC)(OC)OC. The van der Waals surface area contributed by atoms with Crippen LogP contribution in [0.4, 0.5) is 0 Å². The number of hydrogen-bond donors (Lipinski definition) is 0. The van der Waals surface area contributed by atoms with Crippen LogP contribution in [-0.4, -0.2) is 99.9 Å². The van der Waals surface area contributed by atoms with Crippen molar-refractivity contribution in [1.29, 1.82) is 0 Å². The summed E-state index contributed by atoms with van der Waals surface area (Å²) in [4.78, 5) is 0. The highest BCUT2D eigenvalue weighted by molar-refractivity contribution is 6.82. The highest BCUT2D eigenvalue weighted by Crippen LogP contribution is 2.31. The van der Waals surface area contributed by atoms with Crippen LogP contribution >= 0.6 is 0 Å². The van der Waals surface area contributed by atoms with Crippen LogP contribution in [0.5, 0.6) is 0 Å². The molecule has 0 saturated heterocycles. The second kappa shape index (κ2) is 12.9. The van der Waals surface area contributed by atoms with E-state index in [1.165, 1.54) is 64.0 Å². The first-order chi connectivity index (χ1) is 13.2. The molecule has 0 aromatic rings. The Morgan fingerprint density at radius 3 is 0.786 bits per heavy atom. The molecule has 16 heteroatoms. The fraction of sp³-hybridized carbons (Fsp3) is 1.00. The summed E-state index contributed by atoms with van der Waals surface area (Å²) in [7, 11) is -2.21. The van der Waals surface area contributed by atoms with E-state index in [9.17, 15) is 0 Å². The standard InChI is InChI=1S/C12H34O12Si4/c1-11-12-25(22-26(13-2,14-3)15-4,23-27(16-5,17-6)18-7)24-28(19-8,20-9)21-10/h11-12H2,1-10H3. The van der Waals surface area contributed by atoms with Gasteiger partial charge in [-0.1, -0.05) is 13.3 Å². The fourth-order valence-electron chi connectivity index (χ4n) is 2.22. The van der Waals surface area contributed by atoms with Crippen molar-refractivity contribution in [3.05, 3.63) is 0 Å². The Balaban J connectivity index is 6.39. The van der Waals surface area contributed by atoms with Gasteiger partial charge in [-0.25, -0.2) is 0 Å². The second-order valence-electron chi connectivity index (χ2n) is 5.08. The van der Waals surface area contributed by atoms with Crippen LogP contribution in [0, 0.1) is 0 Å². The summed E-state index contributed by atoms with van der Waals surface area (Å²) in [5, 5.41) is 0. The normalized spacial score (nSPS) is 13.9. The zero-order chi connectivity index (χ0) is 21.9. The molecule has 0 atom stereocenters. The van der Waals surface area contributed by atoms with Crippen molar-refractivity contribution in [3.8, 4) is 0 Å². The first-order valence-electron chi connectivity index (χ1n) is 8.30. The molecular formula is C12H34O12Si4. The molecule has 0 aromatic carbocycles. The summed E-state index contributed by atoms with van der Waals surface area (Å²) >= 11 is 0. The lowest BCUT2D eigenvalue weighted by molar-refractivity contribution is -0.0258. The van der Waals surface area contributed by atoms with Crippen LogP contribution < -0.4 is 0 Å². The Kier molecular flexibility index (Phi) is 13.1. The minimum atomic E-state index is -3.83. The van der Waals surface area contributed by atoms with Gasteiger partial charge in [0, 0.05) is 70.0 Å². The van der Waals surface area contributed by atoms with Crippen LogP contribution in [0.1, 0.15) is 13.3 Å². The molecule has 0 unspecified atom stereocenters. The molecule has 0 radical (unpaired) electrons. The van der Waals surface area contributed by atoms with Gasteiger partial charge in [-0.2, -0.15) is 0 Å². The molecule has 0 aliphatic carbocycles. The Bertz CT molecular complexity index is 340. The van der Waals surface area contributed by atoms with Gasteiger partial charge in [-0.15, -0.1) is 0 Å². The van der Waals surface area contributed by atoms with E-state index < -0.39 is 35.9 Å². The van der Waals surface area contributed by atoms with E-state index >= 15 is 0 Å². The largest absolute Gasteiger partial charge is 0.671 e. The monoisotopic (exact) mass is 482 g/mol. The van der Waals surface area contributed by atoms with Crippen LogP contribution in [0.15, 0.2) is 0 Å². The Morgan fingerprint density at radius 1 is 0.429 bits per heavy atom. The zero-order valence-electron chi connectivity index (χ0n) is 18.3. The Hall–Kier alpha value is 0.388. The predicted octanol–water partition coefficient (Wildman–Crippen LogP) is 0.510. The van der Waals surface area contributed by atoms with Crippen molar-refractivity contribution in [3.63, 3.8) is 0 Å². The van der Waals surface area contributed by atoms with Gasteiger partial charge >= 0.3 is 35.9 Å². The lowest BCUT2D eigenvalue weighted by Gasteiger charge is -2.41. The molecule has 170 valence electrons. The Morgan fingerprint density at radius 2 is 0.643 bits per heavy atom. The molecule has 0 rings (SSSR count). The number of rotatable bonds is 17. The third kappa shape index (κ3) is 6.97. The van der Waals surface area contributed by atoms with E-state index in [-0.39, 0.29) is 6.04 Å². The second-order valence-corrected chi connectivity index (χ2v) is 16.1. The predicted molar refractivity (Wildman–Crippen MR) is 104 cm³/mol. The average Bonchev–Trinajstić information content (AvgIpc) is 2.75. The van der Waals surface area contributed by atoms with Gasteiger partial charge in [-0.3, -0.25) is 0 Å². The molecule has 0 saturated carbocycles. The van der Waals surface area contributed by atoms with Gasteiger partial charge in [0.2, 0.25) is 0 Å². The van der Waals surface area contributed by atoms with Gasteiger partial charge in [0.1, 0.15) is 0 Å². The minimum absolute atomic E-state index is 0.285. The van der Waals surface area contributed by atoms with Gasteiger partial charge in [0.15, 0.2) is 0 Å². The summed E-state index contributed by atoms with van der Waals surface area (Å²) in [5.74, 6) is 0. The van der Waals surface area contributed by atoms with Crippen LogP contribution in [-0.2, 0) is 52.2 Å². The molecule has 0 spiro atoms. The summed E-state index contributed by atoms with van der Waals surface area (Å²) < 4.78 is 67.2. The van der Waals surface area contributed by atoms with Crippen molar-refractivity contribution < 1.29 is 52.2 Å². The molecule has 0 aromatic heterocycles. The van der Waals surface area contributed by atoms with Gasteiger partial charge < -0.3 is 52.2 Å². The molecular weight excluding hydrogens is 448 g/mol. The van der Waals surface area contributed by atoms with Gasteiger partial charge in [-0.05, 0) is 0 Å². The van der Waals surface area contributed by atoms with Crippen molar-refractivity contribution >= 4 is 35.9 Å². The molecule has 0 fully saturated rings. The first kappa shape index (κ1) is 28.4. The van der Waals surface area contributed by atoms with E-state index in [0.717, 1.165) is 0 Å². The highest BCUT2D eigenvalue weighted by atomic mass is 28.5. The first-order valence-corrected chi connectivity index (χ1v) is 15.1. The molecule has 28 heavy (non-hydrogen) atoms.